The fourth-order valence-electron chi connectivity index (χ4n) is 2.00. The van der Waals surface area contributed by atoms with Gasteiger partial charge in [-0.2, -0.15) is 4.98 Å². The van der Waals surface area contributed by atoms with Crippen molar-refractivity contribution in [1.29, 1.82) is 0 Å². The van der Waals surface area contributed by atoms with E-state index in [1.54, 1.807) is 43.5 Å². The van der Waals surface area contributed by atoms with E-state index in [0.29, 0.717) is 32.9 Å². The van der Waals surface area contributed by atoms with Crippen LogP contribution in [0.2, 0.25) is 5.02 Å². The maximum absolute atomic E-state index is 12.4. The van der Waals surface area contributed by atoms with Crippen molar-refractivity contribution in [3.8, 4) is 17.2 Å². The molecule has 118 valence electrons. The molecule has 3 aromatic rings. The van der Waals surface area contributed by atoms with Crippen LogP contribution < -0.4 is 4.74 Å². The van der Waals surface area contributed by atoms with Crippen molar-refractivity contribution in [2.75, 3.05) is 7.11 Å². The first-order chi connectivity index (χ1) is 11.2. The van der Waals surface area contributed by atoms with Gasteiger partial charge in [0.05, 0.1) is 34.2 Å². The highest BCUT2D eigenvalue weighted by Crippen LogP contribution is 2.26. The molecule has 0 saturated carbocycles. The van der Waals surface area contributed by atoms with Gasteiger partial charge in [0.15, 0.2) is 5.82 Å². The Bertz CT molecular complexity index is 851. The molecular weight excluding hydrogens is 336 g/mol. The second-order valence-electron chi connectivity index (χ2n) is 4.66. The number of aromatic nitrogens is 2. The standard InChI is InChI=1S/C16H13ClN2O3S/c1-21-11-5-4-6-12(9-11)23(20)10-15-18-16(22-19-15)13-7-2-3-8-14(13)17/h2-9H,10H2,1H3. The fraction of sp³-hybridized carbons (Fsp3) is 0.125. The molecule has 0 spiro atoms. The maximum atomic E-state index is 12.4. The van der Waals surface area contributed by atoms with Crippen LogP contribution in [0.15, 0.2) is 57.9 Å². The van der Waals surface area contributed by atoms with E-state index in [1.165, 1.54) is 0 Å². The van der Waals surface area contributed by atoms with Crippen LogP contribution in [0.1, 0.15) is 5.82 Å². The van der Waals surface area contributed by atoms with E-state index in [1.807, 2.05) is 12.1 Å². The lowest BCUT2D eigenvalue weighted by Gasteiger charge is -2.02. The first-order valence-electron chi connectivity index (χ1n) is 6.77. The Morgan fingerprint density at radius 3 is 2.83 bits per heavy atom. The Labute approximate surface area is 140 Å². The van der Waals surface area contributed by atoms with Crippen molar-refractivity contribution in [2.24, 2.45) is 0 Å². The topological polar surface area (TPSA) is 65.2 Å². The van der Waals surface area contributed by atoms with Crippen molar-refractivity contribution in [2.45, 2.75) is 10.6 Å². The number of methoxy groups -OCH3 is 1. The SMILES string of the molecule is COc1cccc(S(=O)Cc2noc(-c3ccccc3Cl)n2)c1. The molecule has 0 saturated heterocycles. The van der Waals surface area contributed by atoms with Gasteiger partial charge in [0.1, 0.15) is 5.75 Å². The summed E-state index contributed by atoms with van der Waals surface area (Å²) >= 11 is 6.10. The van der Waals surface area contributed by atoms with Gasteiger partial charge in [-0.3, -0.25) is 4.21 Å². The normalized spacial score (nSPS) is 12.1. The molecule has 5 nitrogen and oxygen atoms in total. The second-order valence-corrected chi connectivity index (χ2v) is 6.52. The summed E-state index contributed by atoms with van der Waals surface area (Å²) in [6, 6.07) is 14.3. The molecule has 1 aromatic heterocycles. The van der Waals surface area contributed by atoms with E-state index in [-0.39, 0.29) is 5.75 Å². The van der Waals surface area contributed by atoms with Crippen molar-refractivity contribution >= 4 is 22.4 Å². The molecule has 0 aliphatic rings. The Balaban J connectivity index is 1.79. The molecule has 0 radical (unpaired) electrons. The third-order valence-electron chi connectivity index (χ3n) is 3.14. The van der Waals surface area contributed by atoms with Crippen LogP contribution in [0, 0.1) is 0 Å². The first kappa shape index (κ1) is 15.7. The van der Waals surface area contributed by atoms with Gasteiger partial charge < -0.3 is 9.26 Å². The summed E-state index contributed by atoms with van der Waals surface area (Å²) < 4.78 is 22.7. The van der Waals surface area contributed by atoms with Gasteiger partial charge in [-0.25, -0.2) is 0 Å². The summed E-state index contributed by atoms with van der Waals surface area (Å²) in [5.41, 5.74) is 0.653. The van der Waals surface area contributed by atoms with Crippen LogP contribution in [0.25, 0.3) is 11.5 Å². The highest BCUT2D eigenvalue weighted by molar-refractivity contribution is 7.84. The van der Waals surface area contributed by atoms with Gasteiger partial charge in [0, 0.05) is 4.90 Å². The van der Waals surface area contributed by atoms with Gasteiger partial charge in [-0.05, 0) is 30.3 Å². The summed E-state index contributed by atoms with van der Waals surface area (Å²) in [6.45, 7) is 0. The Hall–Kier alpha value is -2.18. The zero-order chi connectivity index (χ0) is 16.2. The molecule has 0 bridgehead atoms. The van der Waals surface area contributed by atoms with Crippen molar-refractivity contribution in [3.05, 3.63) is 59.4 Å². The van der Waals surface area contributed by atoms with Crippen LogP contribution in [-0.2, 0) is 16.6 Å². The fourth-order valence-corrected chi connectivity index (χ4v) is 3.21. The molecule has 1 atom stereocenters. The summed E-state index contributed by atoms with van der Waals surface area (Å²) in [6.07, 6.45) is 0. The van der Waals surface area contributed by atoms with Crippen molar-refractivity contribution in [3.63, 3.8) is 0 Å². The molecule has 3 rings (SSSR count). The molecule has 23 heavy (non-hydrogen) atoms. The largest absolute Gasteiger partial charge is 0.497 e. The van der Waals surface area contributed by atoms with Gasteiger partial charge in [0.25, 0.3) is 5.89 Å². The zero-order valence-corrected chi connectivity index (χ0v) is 13.8. The Morgan fingerprint density at radius 1 is 1.22 bits per heavy atom. The van der Waals surface area contributed by atoms with E-state index in [9.17, 15) is 4.21 Å². The Morgan fingerprint density at radius 2 is 2.04 bits per heavy atom. The monoisotopic (exact) mass is 348 g/mol. The highest BCUT2D eigenvalue weighted by Gasteiger charge is 2.15. The lowest BCUT2D eigenvalue weighted by molar-refractivity contribution is 0.413. The number of halogens is 1. The van der Waals surface area contributed by atoms with E-state index < -0.39 is 10.8 Å². The summed E-state index contributed by atoms with van der Waals surface area (Å²) in [4.78, 5) is 4.91. The first-order valence-corrected chi connectivity index (χ1v) is 8.47. The lowest BCUT2D eigenvalue weighted by atomic mass is 10.2. The van der Waals surface area contributed by atoms with Crippen molar-refractivity contribution in [1.82, 2.24) is 10.1 Å². The number of rotatable bonds is 5. The third kappa shape index (κ3) is 3.60. The summed E-state index contributed by atoms with van der Waals surface area (Å²) in [5.74, 6) is 1.48. The van der Waals surface area contributed by atoms with Crippen LogP contribution in [0.5, 0.6) is 5.75 Å². The molecule has 0 aliphatic heterocycles. The van der Waals surface area contributed by atoms with Crippen molar-refractivity contribution < 1.29 is 13.5 Å². The number of hydrogen-bond donors (Lipinski definition) is 0. The van der Waals surface area contributed by atoms with Crippen LogP contribution in [-0.4, -0.2) is 21.5 Å². The number of ether oxygens (including phenoxy) is 1. The van der Waals surface area contributed by atoms with E-state index in [4.69, 9.17) is 20.9 Å². The minimum absolute atomic E-state index is 0.154. The molecule has 0 fully saturated rings. The molecule has 0 aliphatic carbocycles. The van der Waals surface area contributed by atoms with E-state index in [2.05, 4.69) is 10.1 Å². The number of hydrogen-bond acceptors (Lipinski definition) is 5. The molecule has 7 heteroatoms. The molecular formula is C16H13ClN2O3S. The predicted molar refractivity (Wildman–Crippen MR) is 87.9 cm³/mol. The molecule has 1 unspecified atom stereocenters. The minimum Gasteiger partial charge on any atom is -0.497 e. The van der Waals surface area contributed by atoms with Gasteiger partial charge in [-0.15, -0.1) is 0 Å². The number of benzene rings is 2. The smallest absolute Gasteiger partial charge is 0.259 e. The van der Waals surface area contributed by atoms with Crippen LogP contribution in [0.4, 0.5) is 0 Å². The molecule has 2 aromatic carbocycles. The summed E-state index contributed by atoms with van der Waals surface area (Å²) in [7, 11) is 0.274. The molecule has 1 heterocycles. The quantitative estimate of drug-likeness (QED) is 0.703. The highest BCUT2D eigenvalue weighted by atomic mass is 35.5. The third-order valence-corrected chi connectivity index (χ3v) is 4.77. The zero-order valence-electron chi connectivity index (χ0n) is 12.2. The van der Waals surface area contributed by atoms with Gasteiger partial charge >= 0.3 is 0 Å². The average molecular weight is 349 g/mol. The van der Waals surface area contributed by atoms with Crippen LogP contribution >= 0.6 is 11.6 Å². The van der Waals surface area contributed by atoms with E-state index in [0.717, 1.165) is 0 Å². The lowest BCUT2D eigenvalue weighted by Crippen LogP contribution is -1.99. The Kier molecular flexibility index (Phi) is 4.73. The maximum Gasteiger partial charge on any atom is 0.259 e. The van der Waals surface area contributed by atoms with Gasteiger partial charge in [-0.1, -0.05) is 35.0 Å². The molecule has 0 N–H and O–H groups in total. The molecule has 0 amide bonds. The average Bonchev–Trinajstić information content (AvgIpc) is 3.03. The second kappa shape index (κ2) is 6.93. The van der Waals surface area contributed by atoms with E-state index >= 15 is 0 Å². The predicted octanol–water partition coefficient (Wildman–Crippen LogP) is 3.71. The van der Waals surface area contributed by atoms with Crippen LogP contribution in [0.3, 0.4) is 0 Å². The number of nitrogens with zero attached hydrogens (tertiary/aromatic N) is 2. The minimum atomic E-state index is -1.29. The van der Waals surface area contributed by atoms with Gasteiger partial charge in [0.2, 0.25) is 0 Å². The summed E-state index contributed by atoms with van der Waals surface area (Å²) in [5, 5.41) is 4.40.